The van der Waals surface area contributed by atoms with Gasteiger partial charge in [0, 0.05) is 0 Å². The van der Waals surface area contributed by atoms with Gasteiger partial charge in [-0.15, -0.1) is 5.10 Å². The van der Waals surface area contributed by atoms with Gasteiger partial charge in [-0.1, -0.05) is 31.9 Å². The second-order valence-electron chi connectivity index (χ2n) is 7.63. The zero-order valence-electron chi connectivity index (χ0n) is 14.9. The van der Waals surface area contributed by atoms with Crippen LogP contribution in [0.2, 0.25) is 0 Å². The third kappa shape index (κ3) is 3.40. The van der Waals surface area contributed by atoms with Crippen molar-refractivity contribution in [3.05, 3.63) is 35.7 Å². The molecule has 2 aromatic rings. The summed E-state index contributed by atoms with van der Waals surface area (Å²) in [6.07, 6.45) is 7.26. The van der Waals surface area contributed by atoms with Gasteiger partial charge in [-0.2, -0.15) is 0 Å². The Morgan fingerprint density at radius 2 is 1.72 bits per heavy atom. The van der Waals surface area contributed by atoms with Crippen molar-refractivity contribution >= 4 is 0 Å². The molecule has 1 unspecified atom stereocenters. The minimum absolute atomic E-state index is 0.0590. The number of aromatic hydroxyl groups is 1. The summed E-state index contributed by atoms with van der Waals surface area (Å²) >= 11 is 0. The van der Waals surface area contributed by atoms with E-state index in [1.807, 2.05) is 12.1 Å². The van der Waals surface area contributed by atoms with E-state index in [0.29, 0.717) is 11.8 Å². The molecule has 1 aliphatic carbocycles. The quantitative estimate of drug-likeness (QED) is 0.924. The van der Waals surface area contributed by atoms with Gasteiger partial charge in [0.15, 0.2) is 5.82 Å². The van der Waals surface area contributed by atoms with E-state index >= 15 is 0 Å². The minimum atomic E-state index is 0.0590. The fourth-order valence-electron chi connectivity index (χ4n) is 4.26. The van der Waals surface area contributed by atoms with Crippen molar-refractivity contribution in [1.29, 1.82) is 0 Å². The van der Waals surface area contributed by atoms with Crippen molar-refractivity contribution in [2.24, 2.45) is 5.92 Å². The monoisotopic (exact) mass is 341 g/mol. The van der Waals surface area contributed by atoms with Crippen LogP contribution in [0.1, 0.15) is 68.9 Å². The van der Waals surface area contributed by atoms with Crippen molar-refractivity contribution in [3.63, 3.8) is 0 Å². The number of tetrazole rings is 1. The summed E-state index contributed by atoms with van der Waals surface area (Å²) in [6, 6.07) is 8.02. The summed E-state index contributed by atoms with van der Waals surface area (Å²) in [7, 11) is 0. The van der Waals surface area contributed by atoms with Crippen LogP contribution in [0.15, 0.2) is 24.3 Å². The summed E-state index contributed by atoms with van der Waals surface area (Å²) in [5.74, 6) is 2.03. The molecule has 0 spiro atoms. The Kier molecular flexibility index (Phi) is 4.70. The lowest BCUT2D eigenvalue weighted by molar-refractivity contribution is 0.148. The topological polar surface area (TPSA) is 67.1 Å². The maximum Gasteiger partial charge on any atom is 0.173 e. The Morgan fingerprint density at radius 1 is 1.04 bits per heavy atom. The first kappa shape index (κ1) is 16.5. The Labute approximate surface area is 148 Å². The number of likely N-dealkylation sites (tertiary alicyclic amines) is 1. The number of hydrogen-bond acceptors (Lipinski definition) is 5. The number of piperidine rings is 1. The molecule has 1 saturated carbocycles. The van der Waals surface area contributed by atoms with Crippen LogP contribution in [0.3, 0.4) is 0 Å². The van der Waals surface area contributed by atoms with Gasteiger partial charge in [-0.25, -0.2) is 4.68 Å². The van der Waals surface area contributed by atoms with Crippen molar-refractivity contribution in [2.45, 2.75) is 57.5 Å². The SMILES string of the molecule is CC1CCN(C(c2ccc(O)cc2)c2nnnn2C2CCCC2)CC1. The van der Waals surface area contributed by atoms with Crippen LogP contribution in [0.5, 0.6) is 5.75 Å². The Bertz CT molecular complexity index is 684. The molecule has 1 saturated heterocycles. The predicted octanol–water partition coefficient (Wildman–Crippen LogP) is 3.32. The van der Waals surface area contributed by atoms with E-state index in [9.17, 15) is 5.11 Å². The largest absolute Gasteiger partial charge is 0.508 e. The van der Waals surface area contributed by atoms with Gasteiger partial charge in [0.1, 0.15) is 5.75 Å². The lowest BCUT2D eigenvalue weighted by Crippen LogP contribution is -2.38. The zero-order valence-corrected chi connectivity index (χ0v) is 14.9. The number of aromatic nitrogens is 4. The summed E-state index contributed by atoms with van der Waals surface area (Å²) < 4.78 is 2.07. The number of nitrogens with zero attached hydrogens (tertiary/aromatic N) is 5. The third-order valence-electron chi connectivity index (χ3n) is 5.83. The van der Waals surface area contributed by atoms with E-state index < -0.39 is 0 Å². The second-order valence-corrected chi connectivity index (χ2v) is 7.63. The molecule has 1 aromatic carbocycles. The molecule has 25 heavy (non-hydrogen) atoms. The zero-order chi connectivity index (χ0) is 17.2. The number of phenols is 1. The average Bonchev–Trinajstić information content (AvgIpc) is 3.30. The molecular formula is C19H27N5O. The van der Waals surface area contributed by atoms with Gasteiger partial charge in [0.05, 0.1) is 12.1 Å². The molecule has 0 amide bonds. The summed E-state index contributed by atoms with van der Waals surface area (Å²) in [6.45, 7) is 4.45. The molecule has 1 atom stereocenters. The fourth-order valence-corrected chi connectivity index (χ4v) is 4.26. The second kappa shape index (κ2) is 7.12. The fraction of sp³-hybridized carbons (Fsp3) is 0.632. The van der Waals surface area contributed by atoms with Crippen LogP contribution < -0.4 is 0 Å². The van der Waals surface area contributed by atoms with E-state index in [0.717, 1.165) is 43.2 Å². The van der Waals surface area contributed by atoms with Crippen molar-refractivity contribution in [1.82, 2.24) is 25.1 Å². The number of hydrogen-bond donors (Lipinski definition) is 1. The third-order valence-corrected chi connectivity index (χ3v) is 5.83. The lowest BCUT2D eigenvalue weighted by atomic mass is 9.95. The molecule has 1 aromatic heterocycles. The van der Waals surface area contributed by atoms with Gasteiger partial charge in [-0.05, 0) is 72.8 Å². The molecular weight excluding hydrogens is 314 g/mol. The predicted molar refractivity (Wildman–Crippen MR) is 95.2 cm³/mol. The first-order chi connectivity index (χ1) is 12.2. The van der Waals surface area contributed by atoms with Crippen LogP contribution >= 0.6 is 0 Å². The Hall–Kier alpha value is -1.95. The molecule has 1 aliphatic heterocycles. The average molecular weight is 341 g/mol. The highest BCUT2D eigenvalue weighted by Gasteiger charge is 2.32. The van der Waals surface area contributed by atoms with Crippen LogP contribution in [0.25, 0.3) is 0 Å². The van der Waals surface area contributed by atoms with Gasteiger partial charge in [-0.3, -0.25) is 4.90 Å². The number of benzene rings is 1. The van der Waals surface area contributed by atoms with Crippen LogP contribution in [0, 0.1) is 5.92 Å². The van der Waals surface area contributed by atoms with Gasteiger partial charge >= 0.3 is 0 Å². The molecule has 0 bridgehead atoms. The summed E-state index contributed by atoms with van der Waals surface area (Å²) in [4.78, 5) is 2.50. The van der Waals surface area contributed by atoms with Gasteiger partial charge in [0.2, 0.25) is 0 Å². The highest BCUT2D eigenvalue weighted by atomic mass is 16.3. The maximum atomic E-state index is 9.68. The summed E-state index contributed by atoms with van der Waals surface area (Å²) in [5.41, 5.74) is 1.15. The van der Waals surface area contributed by atoms with E-state index in [2.05, 4.69) is 32.0 Å². The summed E-state index contributed by atoms with van der Waals surface area (Å²) in [5, 5.41) is 22.5. The van der Waals surface area contributed by atoms with E-state index in [4.69, 9.17) is 0 Å². The van der Waals surface area contributed by atoms with Crippen LogP contribution in [0.4, 0.5) is 0 Å². The molecule has 134 valence electrons. The van der Waals surface area contributed by atoms with E-state index in [1.54, 1.807) is 12.1 Å². The smallest absolute Gasteiger partial charge is 0.173 e. The lowest BCUT2D eigenvalue weighted by Gasteiger charge is -2.36. The highest BCUT2D eigenvalue weighted by molar-refractivity contribution is 5.31. The van der Waals surface area contributed by atoms with Gasteiger partial charge < -0.3 is 5.11 Å². The number of rotatable bonds is 4. The molecule has 6 heteroatoms. The molecule has 4 rings (SSSR count). The van der Waals surface area contributed by atoms with Crippen LogP contribution in [-0.2, 0) is 0 Å². The molecule has 2 heterocycles. The van der Waals surface area contributed by atoms with E-state index in [-0.39, 0.29) is 6.04 Å². The standard InChI is InChI=1S/C19H27N5O/c1-14-10-12-23(13-11-14)18(15-6-8-17(25)9-7-15)19-20-21-22-24(19)16-4-2-3-5-16/h6-9,14,16,18,25H,2-5,10-13H2,1H3. The Morgan fingerprint density at radius 3 is 2.40 bits per heavy atom. The highest BCUT2D eigenvalue weighted by Crippen LogP contribution is 2.35. The molecule has 2 fully saturated rings. The van der Waals surface area contributed by atoms with Crippen molar-refractivity contribution < 1.29 is 5.11 Å². The van der Waals surface area contributed by atoms with Crippen LogP contribution in [-0.4, -0.2) is 43.3 Å². The Balaban J connectivity index is 1.70. The first-order valence-corrected chi connectivity index (χ1v) is 9.53. The maximum absolute atomic E-state index is 9.68. The van der Waals surface area contributed by atoms with Crippen molar-refractivity contribution in [2.75, 3.05) is 13.1 Å². The van der Waals surface area contributed by atoms with E-state index in [1.165, 1.54) is 25.7 Å². The first-order valence-electron chi connectivity index (χ1n) is 9.53. The number of phenolic OH excluding ortho intramolecular Hbond substituents is 1. The molecule has 6 nitrogen and oxygen atoms in total. The molecule has 2 aliphatic rings. The minimum Gasteiger partial charge on any atom is -0.508 e. The van der Waals surface area contributed by atoms with Gasteiger partial charge in [0.25, 0.3) is 0 Å². The normalized spacial score (nSPS) is 21.6. The molecule has 0 radical (unpaired) electrons. The molecule has 1 N–H and O–H groups in total. The van der Waals surface area contributed by atoms with Crippen molar-refractivity contribution in [3.8, 4) is 5.75 Å².